The molecule has 2 heterocycles. The zero-order chi connectivity index (χ0) is 15.0. The van der Waals surface area contributed by atoms with E-state index < -0.39 is 5.91 Å². The summed E-state index contributed by atoms with van der Waals surface area (Å²) in [5.74, 6) is -0.771. The Labute approximate surface area is 119 Å². The quantitative estimate of drug-likeness (QED) is 0.752. The summed E-state index contributed by atoms with van der Waals surface area (Å²) in [5, 5.41) is 0.523. The average Bonchev–Trinajstić information content (AvgIpc) is 2.47. The topological polar surface area (TPSA) is 94.9 Å². The first kappa shape index (κ1) is 13.0. The molecule has 5 nitrogen and oxygen atoms in total. The van der Waals surface area contributed by atoms with Gasteiger partial charge in [-0.1, -0.05) is 12.1 Å². The van der Waals surface area contributed by atoms with E-state index in [2.05, 4.69) is 9.97 Å². The van der Waals surface area contributed by atoms with Gasteiger partial charge in [-0.15, -0.1) is 0 Å². The molecule has 1 amide bonds. The Balaban J connectivity index is 2.25. The minimum absolute atomic E-state index is 0.188. The Morgan fingerprint density at radius 3 is 2.71 bits per heavy atom. The Morgan fingerprint density at radius 2 is 2.00 bits per heavy atom. The van der Waals surface area contributed by atoms with Gasteiger partial charge in [-0.3, -0.25) is 4.79 Å². The molecule has 0 atom stereocenters. The van der Waals surface area contributed by atoms with E-state index in [0.717, 1.165) is 0 Å². The number of amides is 1. The number of benzene rings is 1. The molecule has 0 saturated carbocycles. The summed E-state index contributed by atoms with van der Waals surface area (Å²) in [6.07, 6.45) is 1.32. The van der Waals surface area contributed by atoms with Crippen LogP contribution in [0.3, 0.4) is 0 Å². The van der Waals surface area contributed by atoms with Crippen molar-refractivity contribution in [2.24, 2.45) is 5.73 Å². The molecular formula is C15H11FN4O. The predicted molar refractivity (Wildman–Crippen MR) is 77.9 cm³/mol. The lowest BCUT2D eigenvalue weighted by atomic mass is 10.1. The van der Waals surface area contributed by atoms with Crippen molar-refractivity contribution < 1.29 is 9.18 Å². The molecule has 0 aliphatic heterocycles. The minimum Gasteiger partial charge on any atom is -0.382 e. The first-order valence-electron chi connectivity index (χ1n) is 6.17. The van der Waals surface area contributed by atoms with E-state index in [4.69, 9.17) is 11.5 Å². The van der Waals surface area contributed by atoms with Crippen LogP contribution in [0.5, 0.6) is 0 Å². The number of rotatable bonds is 2. The minimum atomic E-state index is -0.604. The van der Waals surface area contributed by atoms with Crippen LogP contribution in [-0.2, 0) is 0 Å². The molecule has 0 radical (unpaired) electrons. The van der Waals surface area contributed by atoms with Crippen molar-refractivity contribution in [3.63, 3.8) is 0 Å². The van der Waals surface area contributed by atoms with E-state index in [1.54, 1.807) is 24.3 Å². The molecule has 104 valence electrons. The number of anilines is 1. The number of hydrogen-bond donors (Lipinski definition) is 2. The number of halogens is 1. The SMILES string of the molecule is NC(=O)c1cnc(N)c2nc(-c3cccc(F)c3)ccc12. The van der Waals surface area contributed by atoms with Crippen LogP contribution in [0.25, 0.3) is 22.2 Å². The maximum atomic E-state index is 13.3. The third kappa shape index (κ3) is 2.27. The lowest BCUT2D eigenvalue weighted by molar-refractivity contribution is 0.100. The van der Waals surface area contributed by atoms with Gasteiger partial charge in [-0.2, -0.15) is 0 Å². The van der Waals surface area contributed by atoms with E-state index >= 15 is 0 Å². The zero-order valence-corrected chi connectivity index (χ0v) is 10.9. The second kappa shape index (κ2) is 4.82. The Kier molecular flexibility index (Phi) is 2.98. The normalized spacial score (nSPS) is 10.7. The summed E-state index contributed by atoms with van der Waals surface area (Å²) in [6.45, 7) is 0. The molecule has 0 spiro atoms. The largest absolute Gasteiger partial charge is 0.382 e. The number of nitrogens with zero attached hydrogens (tertiary/aromatic N) is 2. The van der Waals surface area contributed by atoms with E-state index in [0.29, 0.717) is 22.2 Å². The number of nitrogens with two attached hydrogens (primary N) is 2. The standard InChI is InChI=1S/C15H11FN4O/c16-9-3-1-2-8(6-9)12-5-4-10-11(15(18)21)7-19-14(17)13(10)20-12/h1-7H,(H2,17,19)(H2,18,21). The molecule has 4 N–H and O–H groups in total. The average molecular weight is 282 g/mol. The molecule has 3 aromatic rings. The van der Waals surface area contributed by atoms with Gasteiger partial charge < -0.3 is 11.5 Å². The Hall–Kier alpha value is -3.02. The van der Waals surface area contributed by atoms with Crippen LogP contribution < -0.4 is 11.5 Å². The van der Waals surface area contributed by atoms with Crippen LogP contribution in [0.15, 0.2) is 42.6 Å². The smallest absolute Gasteiger partial charge is 0.250 e. The number of fused-ring (bicyclic) bond motifs is 1. The molecule has 6 heteroatoms. The lowest BCUT2D eigenvalue weighted by Crippen LogP contribution is -2.13. The molecule has 0 aliphatic carbocycles. The third-order valence-electron chi connectivity index (χ3n) is 3.15. The van der Waals surface area contributed by atoms with Crippen LogP contribution in [-0.4, -0.2) is 15.9 Å². The number of pyridine rings is 2. The van der Waals surface area contributed by atoms with Crippen molar-refractivity contribution in [1.82, 2.24) is 9.97 Å². The maximum Gasteiger partial charge on any atom is 0.250 e. The van der Waals surface area contributed by atoms with Crippen molar-refractivity contribution in [1.29, 1.82) is 0 Å². The fourth-order valence-corrected chi connectivity index (χ4v) is 2.14. The summed E-state index contributed by atoms with van der Waals surface area (Å²) in [7, 11) is 0. The van der Waals surface area contributed by atoms with E-state index in [1.165, 1.54) is 18.3 Å². The first-order chi connectivity index (χ1) is 10.1. The van der Waals surface area contributed by atoms with Crippen LogP contribution in [0.1, 0.15) is 10.4 Å². The van der Waals surface area contributed by atoms with Crippen LogP contribution in [0.2, 0.25) is 0 Å². The number of hydrogen-bond acceptors (Lipinski definition) is 4. The molecule has 0 aliphatic rings. The van der Waals surface area contributed by atoms with Gasteiger partial charge in [0, 0.05) is 17.1 Å². The van der Waals surface area contributed by atoms with Gasteiger partial charge in [-0.25, -0.2) is 14.4 Å². The number of primary amides is 1. The van der Waals surface area contributed by atoms with Crippen molar-refractivity contribution in [3.8, 4) is 11.3 Å². The number of carbonyl (C=O) groups is 1. The van der Waals surface area contributed by atoms with E-state index in [1.807, 2.05) is 0 Å². The Bertz CT molecular complexity index is 863. The molecule has 0 bridgehead atoms. The van der Waals surface area contributed by atoms with Gasteiger partial charge in [0.15, 0.2) is 0 Å². The second-order valence-electron chi connectivity index (χ2n) is 4.52. The zero-order valence-electron chi connectivity index (χ0n) is 10.9. The van der Waals surface area contributed by atoms with Crippen molar-refractivity contribution in [3.05, 3.63) is 54.0 Å². The predicted octanol–water partition coefficient (Wildman–Crippen LogP) is 2.12. The molecular weight excluding hydrogens is 271 g/mol. The summed E-state index contributed by atoms with van der Waals surface area (Å²) in [5.41, 5.74) is 12.9. The number of carbonyl (C=O) groups excluding carboxylic acids is 1. The summed E-state index contributed by atoms with van der Waals surface area (Å²) in [6, 6.07) is 9.42. The molecule has 0 fully saturated rings. The number of aromatic nitrogens is 2. The molecule has 21 heavy (non-hydrogen) atoms. The first-order valence-corrected chi connectivity index (χ1v) is 6.17. The van der Waals surface area contributed by atoms with Gasteiger partial charge in [0.25, 0.3) is 5.91 Å². The highest BCUT2D eigenvalue weighted by atomic mass is 19.1. The van der Waals surface area contributed by atoms with Crippen LogP contribution in [0, 0.1) is 5.82 Å². The van der Waals surface area contributed by atoms with Gasteiger partial charge in [0.2, 0.25) is 0 Å². The van der Waals surface area contributed by atoms with Crippen LogP contribution >= 0.6 is 0 Å². The second-order valence-corrected chi connectivity index (χ2v) is 4.52. The van der Waals surface area contributed by atoms with Crippen LogP contribution in [0.4, 0.5) is 10.2 Å². The van der Waals surface area contributed by atoms with Crippen molar-refractivity contribution in [2.75, 3.05) is 5.73 Å². The molecule has 0 unspecified atom stereocenters. The summed E-state index contributed by atoms with van der Waals surface area (Å²) < 4.78 is 13.3. The monoisotopic (exact) mass is 282 g/mol. The van der Waals surface area contributed by atoms with Gasteiger partial charge in [0.05, 0.1) is 11.3 Å². The Morgan fingerprint density at radius 1 is 1.19 bits per heavy atom. The van der Waals surface area contributed by atoms with Gasteiger partial charge >= 0.3 is 0 Å². The summed E-state index contributed by atoms with van der Waals surface area (Å²) >= 11 is 0. The molecule has 3 rings (SSSR count). The van der Waals surface area contributed by atoms with E-state index in [-0.39, 0.29) is 17.2 Å². The highest BCUT2D eigenvalue weighted by Gasteiger charge is 2.12. The van der Waals surface area contributed by atoms with Crippen molar-refractivity contribution >= 4 is 22.6 Å². The number of nitrogen functional groups attached to an aromatic ring is 1. The fourth-order valence-electron chi connectivity index (χ4n) is 2.14. The van der Waals surface area contributed by atoms with Crippen molar-refractivity contribution in [2.45, 2.75) is 0 Å². The fraction of sp³-hybridized carbons (Fsp3) is 0. The summed E-state index contributed by atoms with van der Waals surface area (Å²) in [4.78, 5) is 19.7. The molecule has 2 aromatic heterocycles. The molecule has 0 saturated heterocycles. The lowest BCUT2D eigenvalue weighted by Gasteiger charge is -2.07. The van der Waals surface area contributed by atoms with Gasteiger partial charge in [0.1, 0.15) is 17.2 Å². The maximum absolute atomic E-state index is 13.3. The highest BCUT2D eigenvalue weighted by Crippen LogP contribution is 2.25. The highest BCUT2D eigenvalue weighted by molar-refractivity contribution is 6.07. The van der Waals surface area contributed by atoms with E-state index in [9.17, 15) is 9.18 Å². The third-order valence-corrected chi connectivity index (χ3v) is 3.15. The van der Waals surface area contributed by atoms with Gasteiger partial charge in [-0.05, 0) is 24.3 Å². The molecule has 1 aromatic carbocycles.